The monoisotopic (exact) mass is 401 g/mol. The number of halogens is 1. The molecule has 0 unspecified atom stereocenters. The van der Waals surface area contributed by atoms with E-state index in [1.807, 2.05) is 31.2 Å². The second kappa shape index (κ2) is 7.44. The topological polar surface area (TPSA) is 76.3 Å². The Balaban J connectivity index is 1.56. The van der Waals surface area contributed by atoms with Crippen molar-refractivity contribution >= 4 is 10.0 Å². The van der Waals surface area contributed by atoms with Gasteiger partial charge in [0, 0.05) is 18.7 Å². The maximum Gasteiger partial charge on any atom is 0.246 e. The second-order valence-electron chi connectivity index (χ2n) is 6.95. The fraction of sp³-hybridized carbons (Fsp3) is 0.300. The van der Waals surface area contributed by atoms with Gasteiger partial charge in [0.05, 0.1) is 5.92 Å². The summed E-state index contributed by atoms with van der Waals surface area (Å²) in [7, 11) is -3.92. The number of nitrogens with zero attached hydrogens (tertiary/aromatic N) is 3. The third-order valence-electron chi connectivity index (χ3n) is 4.94. The van der Waals surface area contributed by atoms with Crippen LogP contribution in [0.2, 0.25) is 0 Å². The molecule has 6 nitrogen and oxygen atoms in total. The molecule has 0 spiro atoms. The average molecular weight is 401 g/mol. The molecule has 3 aromatic rings. The minimum atomic E-state index is -3.92. The molecule has 0 bridgehead atoms. The van der Waals surface area contributed by atoms with Gasteiger partial charge in [0.15, 0.2) is 0 Å². The van der Waals surface area contributed by atoms with Gasteiger partial charge in [-0.3, -0.25) is 0 Å². The SMILES string of the molecule is Cc1ccc(-c2noc([C@@H]3CCCN(S(=O)(=O)c4ccccc4F)C3)n2)cc1. The van der Waals surface area contributed by atoms with Crippen LogP contribution in [-0.2, 0) is 10.0 Å². The minimum Gasteiger partial charge on any atom is -0.339 e. The summed E-state index contributed by atoms with van der Waals surface area (Å²) in [5.74, 6) is -0.0841. The number of hydrogen-bond acceptors (Lipinski definition) is 5. The zero-order chi connectivity index (χ0) is 19.7. The maximum atomic E-state index is 14.0. The Morgan fingerprint density at radius 3 is 2.64 bits per heavy atom. The van der Waals surface area contributed by atoms with Crippen LogP contribution in [0.4, 0.5) is 4.39 Å². The molecule has 28 heavy (non-hydrogen) atoms. The maximum absolute atomic E-state index is 14.0. The Morgan fingerprint density at radius 1 is 1.14 bits per heavy atom. The molecule has 0 aliphatic carbocycles. The third-order valence-corrected chi connectivity index (χ3v) is 6.84. The average Bonchev–Trinajstić information content (AvgIpc) is 3.19. The summed E-state index contributed by atoms with van der Waals surface area (Å²) < 4.78 is 46.5. The van der Waals surface area contributed by atoms with Gasteiger partial charge in [-0.15, -0.1) is 0 Å². The van der Waals surface area contributed by atoms with Crippen molar-refractivity contribution in [3.63, 3.8) is 0 Å². The summed E-state index contributed by atoms with van der Waals surface area (Å²) >= 11 is 0. The number of piperidine rings is 1. The Hall–Kier alpha value is -2.58. The largest absolute Gasteiger partial charge is 0.339 e. The lowest BCUT2D eigenvalue weighted by atomic mass is 10.00. The van der Waals surface area contributed by atoms with E-state index in [0.29, 0.717) is 24.7 Å². The summed E-state index contributed by atoms with van der Waals surface area (Å²) in [6.07, 6.45) is 1.37. The number of sulfonamides is 1. The summed E-state index contributed by atoms with van der Waals surface area (Å²) in [5.41, 5.74) is 1.97. The van der Waals surface area contributed by atoms with E-state index in [4.69, 9.17) is 4.52 Å². The van der Waals surface area contributed by atoms with Crippen LogP contribution in [-0.4, -0.2) is 36.0 Å². The van der Waals surface area contributed by atoms with Crippen molar-refractivity contribution in [3.8, 4) is 11.4 Å². The number of rotatable bonds is 4. The first-order valence-corrected chi connectivity index (χ1v) is 10.5. The van der Waals surface area contributed by atoms with Gasteiger partial charge in [-0.1, -0.05) is 47.1 Å². The van der Waals surface area contributed by atoms with Crippen molar-refractivity contribution in [1.82, 2.24) is 14.4 Å². The highest BCUT2D eigenvalue weighted by Gasteiger charge is 2.34. The molecule has 1 fully saturated rings. The standard InChI is InChI=1S/C20H20FN3O3S/c1-14-8-10-15(11-9-14)19-22-20(27-23-19)16-5-4-12-24(13-16)28(25,26)18-7-3-2-6-17(18)21/h2-3,6-11,16H,4-5,12-13H2,1H3/t16-/m1/s1. The van der Waals surface area contributed by atoms with Crippen LogP contribution in [0.15, 0.2) is 57.9 Å². The van der Waals surface area contributed by atoms with Gasteiger partial charge in [0.1, 0.15) is 10.7 Å². The zero-order valence-electron chi connectivity index (χ0n) is 15.4. The van der Waals surface area contributed by atoms with Gasteiger partial charge in [0.25, 0.3) is 0 Å². The van der Waals surface area contributed by atoms with Crippen molar-refractivity contribution in [2.45, 2.75) is 30.6 Å². The minimum absolute atomic E-state index is 0.187. The van der Waals surface area contributed by atoms with E-state index in [-0.39, 0.29) is 17.4 Å². The molecular weight excluding hydrogens is 381 g/mol. The fourth-order valence-electron chi connectivity index (χ4n) is 3.38. The van der Waals surface area contributed by atoms with E-state index in [0.717, 1.165) is 23.6 Å². The molecule has 1 saturated heterocycles. The van der Waals surface area contributed by atoms with Crippen LogP contribution in [0.1, 0.15) is 30.2 Å². The van der Waals surface area contributed by atoms with Gasteiger partial charge < -0.3 is 4.52 Å². The first-order chi connectivity index (χ1) is 13.4. The van der Waals surface area contributed by atoms with Crippen molar-refractivity contribution < 1.29 is 17.3 Å². The fourth-order valence-corrected chi connectivity index (χ4v) is 4.97. The van der Waals surface area contributed by atoms with Crippen molar-refractivity contribution in [1.29, 1.82) is 0 Å². The van der Waals surface area contributed by atoms with E-state index in [1.165, 1.54) is 22.5 Å². The Bertz CT molecular complexity index is 1080. The Labute approximate surface area is 163 Å². The van der Waals surface area contributed by atoms with Crippen molar-refractivity contribution in [2.24, 2.45) is 0 Å². The van der Waals surface area contributed by atoms with Gasteiger partial charge in [-0.2, -0.15) is 9.29 Å². The summed E-state index contributed by atoms with van der Waals surface area (Å²) in [4.78, 5) is 4.16. The third kappa shape index (κ3) is 3.57. The number of hydrogen-bond donors (Lipinski definition) is 0. The summed E-state index contributed by atoms with van der Waals surface area (Å²) in [6.45, 7) is 2.52. The lowest BCUT2D eigenvalue weighted by Crippen LogP contribution is -2.39. The quantitative estimate of drug-likeness (QED) is 0.665. The molecule has 8 heteroatoms. The van der Waals surface area contributed by atoms with Crippen LogP contribution in [0.5, 0.6) is 0 Å². The molecule has 146 valence electrons. The lowest BCUT2D eigenvalue weighted by molar-refractivity contribution is 0.265. The van der Waals surface area contributed by atoms with E-state index in [2.05, 4.69) is 10.1 Å². The molecule has 1 aliphatic heterocycles. The molecule has 0 N–H and O–H groups in total. The number of aryl methyl sites for hydroxylation is 1. The Morgan fingerprint density at radius 2 is 1.89 bits per heavy atom. The van der Waals surface area contributed by atoms with E-state index < -0.39 is 15.8 Å². The summed E-state index contributed by atoms with van der Waals surface area (Å²) in [5, 5.41) is 4.04. The molecule has 2 aromatic carbocycles. The summed E-state index contributed by atoms with van der Waals surface area (Å²) in [6, 6.07) is 13.2. The van der Waals surface area contributed by atoms with Crippen LogP contribution >= 0.6 is 0 Å². The predicted octanol–water partition coefficient (Wildman–Crippen LogP) is 3.75. The van der Waals surface area contributed by atoms with Crippen LogP contribution < -0.4 is 0 Å². The highest BCUT2D eigenvalue weighted by Crippen LogP contribution is 2.31. The van der Waals surface area contributed by atoms with Crippen LogP contribution in [0, 0.1) is 12.7 Å². The number of benzene rings is 2. The van der Waals surface area contributed by atoms with Gasteiger partial charge in [-0.05, 0) is 31.9 Å². The van der Waals surface area contributed by atoms with Crippen molar-refractivity contribution in [2.75, 3.05) is 13.1 Å². The van der Waals surface area contributed by atoms with Crippen LogP contribution in [0.3, 0.4) is 0 Å². The number of aromatic nitrogens is 2. The first kappa shape index (κ1) is 18.8. The molecule has 2 heterocycles. The van der Waals surface area contributed by atoms with Gasteiger partial charge in [-0.25, -0.2) is 12.8 Å². The smallest absolute Gasteiger partial charge is 0.246 e. The molecule has 0 saturated carbocycles. The highest BCUT2D eigenvalue weighted by molar-refractivity contribution is 7.89. The highest BCUT2D eigenvalue weighted by atomic mass is 32.2. The second-order valence-corrected chi connectivity index (χ2v) is 8.86. The molecule has 0 radical (unpaired) electrons. The van der Waals surface area contributed by atoms with Gasteiger partial charge in [0.2, 0.25) is 21.7 Å². The van der Waals surface area contributed by atoms with E-state index >= 15 is 0 Å². The van der Waals surface area contributed by atoms with Crippen LogP contribution in [0.25, 0.3) is 11.4 Å². The Kier molecular flexibility index (Phi) is 4.99. The molecule has 1 aromatic heterocycles. The van der Waals surface area contributed by atoms with Crippen molar-refractivity contribution in [3.05, 3.63) is 65.8 Å². The van der Waals surface area contributed by atoms with E-state index in [1.54, 1.807) is 0 Å². The molecule has 1 aliphatic rings. The zero-order valence-corrected chi connectivity index (χ0v) is 16.2. The lowest BCUT2D eigenvalue weighted by Gasteiger charge is -2.30. The van der Waals surface area contributed by atoms with Gasteiger partial charge >= 0.3 is 0 Å². The molecule has 4 rings (SSSR count). The molecular formula is C20H20FN3O3S. The normalized spacial score (nSPS) is 18.3. The molecule has 0 amide bonds. The molecule has 1 atom stereocenters. The van der Waals surface area contributed by atoms with E-state index in [9.17, 15) is 12.8 Å². The predicted molar refractivity (Wildman–Crippen MR) is 102 cm³/mol. The first-order valence-electron chi connectivity index (χ1n) is 9.10.